The molecule has 3 unspecified atom stereocenters. The van der Waals surface area contributed by atoms with E-state index in [1.807, 2.05) is 18.8 Å². The standard InChI is InChI=1S/C44H62F2N13O15PS/c1-24(2)33(48-13-5-4-6-16-57-30(61)10-11-31(57)62)39(64)54-27(9-7-14-50-42(47)65)38(63)49-15-8-18-70-44(67)56-36-34-37(52-22-51-36)59(23-53-34)40-26(45)19-25(72-40)20-71-75(68,76)74-35-28(21-69-3)73-41(32(35)46)58-17-12-29(60)55-43(58)66/h10-12,17,22-28,32-33,35,40-41,48H,4-9,13-16,18-21H2,1-3H3,(H,49,63)(H,54,64)(H,68,76)(H3,47,50,65)(H,55,60,66)(H,51,52,56,67)/t25-,26+,27?,28+,32+,33?,35+,40+,41+,75?/m0/s1. The van der Waals surface area contributed by atoms with E-state index in [2.05, 4.69) is 53.8 Å². The van der Waals surface area contributed by atoms with E-state index in [0.29, 0.717) is 38.8 Å². The second-order valence-electron chi connectivity index (χ2n) is 18.1. The zero-order valence-electron chi connectivity index (χ0n) is 41.7. The number of fused-ring (bicyclic) bond motifs is 1. The first kappa shape index (κ1) is 59.0. The highest BCUT2D eigenvalue weighted by molar-refractivity contribution is 8.44. The molecule has 7 amide bonds. The van der Waals surface area contributed by atoms with Gasteiger partial charge in [0.25, 0.3) is 17.4 Å². The predicted molar refractivity (Wildman–Crippen MR) is 266 cm³/mol. The lowest BCUT2D eigenvalue weighted by Crippen LogP contribution is -2.54. The van der Waals surface area contributed by atoms with E-state index in [9.17, 15) is 42.9 Å². The fourth-order valence-corrected chi connectivity index (χ4v) is 9.88. The van der Waals surface area contributed by atoms with Crippen molar-refractivity contribution in [1.82, 2.24) is 55.2 Å². The molecule has 0 bridgehead atoms. The highest BCUT2D eigenvalue weighted by Gasteiger charge is 2.50. The summed E-state index contributed by atoms with van der Waals surface area (Å²) >= 11 is 3.99. The number of amides is 7. The number of alkyl halides is 2. The number of aromatic nitrogens is 6. The van der Waals surface area contributed by atoms with Crippen molar-refractivity contribution in [2.45, 2.75) is 114 Å². The van der Waals surface area contributed by atoms with Crippen molar-refractivity contribution in [3.8, 4) is 0 Å². The smallest absolute Gasteiger partial charge is 0.412 e. The first-order valence-electron chi connectivity index (χ1n) is 24.3. The van der Waals surface area contributed by atoms with E-state index in [0.717, 1.165) is 23.2 Å². The number of carbonyl (C=O) groups is 6. The number of methoxy groups -OCH3 is 1. The third kappa shape index (κ3) is 16.2. The van der Waals surface area contributed by atoms with Crippen LogP contribution in [0, 0.1) is 5.92 Å². The van der Waals surface area contributed by atoms with Gasteiger partial charge in [-0.1, -0.05) is 32.5 Å². The number of primary amides is 1. The second-order valence-corrected chi connectivity index (χ2v) is 20.9. The van der Waals surface area contributed by atoms with Crippen molar-refractivity contribution < 1.29 is 70.1 Å². The molecule has 6 rings (SSSR count). The van der Waals surface area contributed by atoms with E-state index in [4.69, 9.17) is 33.7 Å². The number of nitrogens with zero attached hydrogens (tertiary/aromatic N) is 6. The first-order valence-corrected chi connectivity index (χ1v) is 27.0. The van der Waals surface area contributed by atoms with Gasteiger partial charge in [-0.15, -0.1) is 0 Å². The molecule has 3 aromatic heterocycles. The van der Waals surface area contributed by atoms with Gasteiger partial charge in [0.05, 0.1) is 38.3 Å². The van der Waals surface area contributed by atoms with E-state index in [1.165, 1.54) is 35.1 Å². The van der Waals surface area contributed by atoms with Gasteiger partial charge in [-0.2, -0.15) is 0 Å². The molecule has 3 aliphatic heterocycles. The van der Waals surface area contributed by atoms with E-state index in [1.54, 1.807) is 0 Å². The van der Waals surface area contributed by atoms with Gasteiger partial charge in [-0.05, 0) is 44.6 Å². The maximum absolute atomic E-state index is 15.7. The van der Waals surface area contributed by atoms with Crippen LogP contribution in [-0.4, -0.2) is 166 Å². The largest absolute Gasteiger partial charge is 0.449 e. The molecular weight excluding hydrogens is 1050 g/mol. The van der Waals surface area contributed by atoms with Crippen LogP contribution >= 0.6 is 19.0 Å². The Morgan fingerprint density at radius 3 is 2.39 bits per heavy atom. The maximum atomic E-state index is 15.7. The number of ether oxygens (including phenoxy) is 4. The topological polar surface area (TPSA) is 363 Å². The minimum absolute atomic E-state index is 0.0406. The van der Waals surface area contributed by atoms with Gasteiger partial charge in [-0.25, -0.2) is 42.7 Å². The number of H-pyrrole nitrogens is 1. The summed E-state index contributed by atoms with van der Waals surface area (Å²) in [5.74, 6) is -1.86. The number of unbranched alkanes of at least 4 members (excludes halogenated alkanes) is 2. The van der Waals surface area contributed by atoms with Gasteiger partial charge < -0.3 is 45.9 Å². The van der Waals surface area contributed by atoms with Crippen LogP contribution in [0.15, 0.2) is 46.7 Å². The lowest BCUT2D eigenvalue weighted by Gasteiger charge is -2.25. The van der Waals surface area contributed by atoms with Crippen LogP contribution in [0.5, 0.6) is 0 Å². The van der Waals surface area contributed by atoms with Crippen molar-refractivity contribution in [3.05, 3.63) is 57.9 Å². The van der Waals surface area contributed by atoms with Crippen LogP contribution in [-0.2, 0) is 51.7 Å². The molecule has 418 valence electrons. The van der Waals surface area contributed by atoms with Gasteiger partial charge >= 0.3 is 24.6 Å². The summed E-state index contributed by atoms with van der Waals surface area (Å²) in [6, 6.07) is -1.40. The monoisotopic (exact) mass is 1110 g/mol. The maximum Gasteiger partial charge on any atom is 0.412 e. The van der Waals surface area contributed by atoms with Crippen LogP contribution in [0.3, 0.4) is 0 Å². The molecule has 0 radical (unpaired) electrons. The number of nitrogens with one attached hydrogen (secondary N) is 6. The Labute approximate surface area is 437 Å². The van der Waals surface area contributed by atoms with Crippen LogP contribution in [0.25, 0.3) is 11.2 Å². The van der Waals surface area contributed by atoms with Crippen LogP contribution < -0.4 is 43.6 Å². The van der Waals surface area contributed by atoms with Crippen molar-refractivity contribution in [1.29, 1.82) is 0 Å². The summed E-state index contributed by atoms with van der Waals surface area (Å²) in [5, 5.41) is 13.7. The number of imidazole rings is 1. The number of halogens is 2. The van der Waals surface area contributed by atoms with Crippen molar-refractivity contribution >= 4 is 71.8 Å². The number of anilines is 1. The average molecular weight is 1110 g/mol. The predicted octanol–water partition coefficient (Wildman–Crippen LogP) is 1.02. The Morgan fingerprint density at radius 1 is 0.934 bits per heavy atom. The Balaban J connectivity index is 0.945. The van der Waals surface area contributed by atoms with Gasteiger partial charge in [-0.3, -0.25) is 57.4 Å². The minimum atomic E-state index is -4.42. The van der Waals surface area contributed by atoms with Crippen LogP contribution in [0.4, 0.5) is 24.2 Å². The van der Waals surface area contributed by atoms with Crippen molar-refractivity contribution in [3.63, 3.8) is 0 Å². The van der Waals surface area contributed by atoms with Crippen LogP contribution in [0.1, 0.15) is 71.2 Å². The highest BCUT2D eigenvalue weighted by atomic mass is 32.7. The fraction of sp³-hybridized carbons (Fsp3) is 0.614. The molecule has 2 fully saturated rings. The molecule has 28 nitrogen and oxygen atoms in total. The Hall–Kier alpha value is -6.21. The number of carbonyl (C=O) groups excluding carboxylic acids is 6. The summed E-state index contributed by atoms with van der Waals surface area (Å²) < 4.78 is 79.5. The molecule has 0 aromatic carbocycles. The molecule has 6 heterocycles. The average Bonchev–Trinajstić information content (AvgIpc) is 4.13. The van der Waals surface area contributed by atoms with Crippen molar-refractivity contribution in [2.75, 3.05) is 58.4 Å². The fourth-order valence-electron chi connectivity index (χ4n) is 8.38. The third-order valence-electron chi connectivity index (χ3n) is 12.1. The number of rotatable bonds is 29. The zero-order valence-corrected chi connectivity index (χ0v) is 43.5. The third-order valence-corrected chi connectivity index (χ3v) is 13.7. The van der Waals surface area contributed by atoms with E-state index >= 15 is 8.78 Å². The number of urea groups is 1. The summed E-state index contributed by atoms with van der Waals surface area (Å²) in [7, 11) is 1.30. The van der Waals surface area contributed by atoms with Crippen LogP contribution in [0.2, 0.25) is 0 Å². The second kappa shape index (κ2) is 27.7. The molecule has 8 N–H and O–H groups in total. The normalized spacial score (nSPS) is 22.9. The minimum Gasteiger partial charge on any atom is -0.449 e. The molecule has 2 saturated heterocycles. The number of hydrogen-bond donors (Lipinski definition) is 8. The number of nitrogens with two attached hydrogens (primary N) is 1. The first-order chi connectivity index (χ1) is 36.3. The molecule has 0 aliphatic carbocycles. The highest BCUT2D eigenvalue weighted by Crippen LogP contribution is 2.57. The number of imide groups is 1. The molecule has 76 heavy (non-hydrogen) atoms. The number of hydrogen-bond acceptors (Lipinski definition) is 19. The SMILES string of the molecule is COC[C@H]1O[C@@H](n2ccc(=O)[nH]c2=O)[C@H](F)[C@@H]1OP(=O)(S)OC[C@@H]1C[C@@H](F)[C@H](n2cnc3c(NC(=O)OCCCNC(=O)C(CCCNC(N)=O)NC(=O)C(NCCCCCN4C(=O)C=CC4=O)C(C)C)ncnc32)O1. The summed E-state index contributed by atoms with van der Waals surface area (Å²) in [4.78, 5) is 114. The van der Waals surface area contributed by atoms with E-state index < -0.39 is 104 Å². The van der Waals surface area contributed by atoms with Gasteiger partial charge in [0, 0.05) is 57.6 Å². The summed E-state index contributed by atoms with van der Waals surface area (Å²) in [6.07, 6.45) is -3.37. The molecule has 3 aromatic rings. The Morgan fingerprint density at radius 2 is 1.68 bits per heavy atom. The van der Waals surface area contributed by atoms with Crippen molar-refractivity contribution in [2.24, 2.45) is 11.7 Å². The number of thiol groups is 1. The Bertz CT molecular complexity index is 2720. The zero-order chi connectivity index (χ0) is 55.1. The lowest BCUT2D eigenvalue weighted by molar-refractivity contribution is -0.137. The molecule has 0 spiro atoms. The Kier molecular flexibility index (Phi) is 21.5. The molecule has 32 heteroatoms. The molecular formula is C44H62F2N13O15PS. The number of aromatic amines is 1. The van der Waals surface area contributed by atoms with Gasteiger partial charge in [0.2, 0.25) is 11.8 Å². The van der Waals surface area contributed by atoms with E-state index in [-0.39, 0.29) is 80.3 Å². The van der Waals surface area contributed by atoms with Gasteiger partial charge in [0.1, 0.15) is 30.7 Å². The lowest BCUT2D eigenvalue weighted by atomic mass is 10.0. The molecule has 10 atom stereocenters. The summed E-state index contributed by atoms with van der Waals surface area (Å²) in [6.45, 7) is -0.706. The quantitative estimate of drug-likeness (QED) is 0.0208. The molecule has 0 saturated carbocycles. The molecule has 3 aliphatic rings. The summed E-state index contributed by atoms with van der Waals surface area (Å²) in [5.41, 5.74) is 3.60. The van der Waals surface area contributed by atoms with Gasteiger partial charge in [0.15, 0.2) is 35.6 Å².